The molecule has 1 aromatic carbocycles. The van der Waals surface area contributed by atoms with Crippen LogP contribution in [0, 0.1) is 0 Å². The number of aromatic nitrogens is 4. The Hall–Kier alpha value is -3.69. The third-order valence-corrected chi connectivity index (χ3v) is 6.55. The molecule has 0 radical (unpaired) electrons. The van der Waals surface area contributed by atoms with Crippen molar-refractivity contribution in [1.29, 1.82) is 0 Å². The SMILES string of the molecule is O=c1[nH]c2[nH]n(CCN3CCOCC3)c(=O)c2c(CCCOc2ccccc2)c1Cc1ccccn1. The minimum atomic E-state index is -0.200. The minimum absolute atomic E-state index is 0.115. The molecule has 188 valence electrons. The maximum absolute atomic E-state index is 13.5. The summed E-state index contributed by atoms with van der Waals surface area (Å²) >= 11 is 0. The van der Waals surface area contributed by atoms with Crippen molar-refractivity contribution in [3.63, 3.8) is 0 Å². The molecule has 0 atom stereocenters. The molecule has 9 heteroatoms. The highest BCUT2D eigenvalue weighted by Crippen LogP contribution is 2.19. The first-order valence-corrected chi connectivity index (χ1v) is 12.4. The van der Waals surface area contributed by atoms with Crippen molar-refractivity contribution in [2.24, 2.45) is 0 Å². The van der Waals surface area contributed by atoms with Gasteiger partial charge in [0.2, 0.25) is 0 Å². The first-order valence-electron chi connectivity index (χ1n) is 12.4. The Morgan fingerprint density at radius 1 is 0.972 bits per heavy atom. The van der Waals surface area contributed by atoms with E-state index < -0.39 is 0 Å². The van der Waals surface area contributed by atoms with Crippen molar-refractivity contribution < 1.29 is 9.47 Å². The van der Waals surface area contributed by atoms with Crippen LogP contribution in [0.25, 0.3) is 11.0 Å². The van der Waals surface area contributed by atoms with Gasteiger partial charge in [-0.15, -0.1) is 0 Å². The van der Waals surface area contributed by atoms with Crippen molar-refractivity contribution in [1.82, 2.24) is 24.6 Å². The van der Waals surface area contributed by atoms with Crippen LogP contribution < -0.4 is 15.9 Å². The summed E-state index contributed by atoms with van der Waals surface area (Å²) in [4.78, 5) is 36.3. The van der Waals surface area contributed by atoms with Crippen LogP contribution in [0.3, 0.4) is 0 Å². The number of aromatic amines is 2. The van der Waals surface area contributed by atoms with Gasteiger partial charge in [-0.1, -0.05) is 24.3 Å². The van der Waals surface area contributed by atoms with E-state index in [-0.39, 0.29) is 11.1 Å². The summed E-state index contributed by atoms with van der Waals surface area (Å²) < 4.78 is 12.9. The van der Waals surface area contributed by atoms with Crippen molar-refractivity contribution >= 4 is 11.0 Å². The molecule has 5 rings (SSSR count). The number of para-hydroxylation sites is 1. The van der Waals surface area contributed by atoms with Crippen LogP contribution in [0.2, 0.25) is 0 Å². The summed E-state index contributed by atoms with van der Waals surface area (Å²) in [7, 11) is 0. The Morgan fingerprint density at radius 3 is 2.56 bits per heavy atom. The van der Waals surface area contributed by atoms with E-state index in [0.717, 1.165) is 36.6 Å². The summed E-state index contributed by atoms with van der Waals surface area (Å²) in [6.07, 6.45) is 3.29. The molecule has 2 N–H and O–H groups in total. The van der Waals surface area contributed by atoms with Gasteiger partial charge in [-0.25, -0.2) is 4.68 Å². The van der Waals surface area contributed by atoms with E-state index in [2.05, 4.69) is 20.0 Å². The predicted molar refractivity (Wildman–Crippen MR) is 138 cm³/mol. The van der Waals surface area contributed by atoms with Gasteiger partial charge in [0.25, 0.3) is 11.1 Å². The summed E-state index contributed by atoms with van der Waals surface area (Å²) in [5, 5.41) is 3.68. The topological polar surface area (TPSA) is 105 Å². The Morgan fingerprint density at radius 2 is 1.78 bits per heavy atom. The summed E-state index contributed by atoms with van der Waals surface area (Å²) in [5.41, 5.74) is 2.28. The number of H-pyrrole nitrogens is 2. The lowest BCUT2D eigenvalue weighted by Crippen LogP contribution is -2.39. The molecule has 0 saturated carbocycles. The van der Waals surface area contributed by atoms with E-state index in [9.17, 15) is 9.59 Å². The average Bonchev–Trinajstić information content (AvgIpc) is 3.23. The van der Waals surface area contributed by atoms with Gasteiger partial charge in [-0.05, 0) is 42.7 Å². The third kappa shape index (κ3) is 5.58. The molecule has 3 aromatic heterocycles. The van der Waals surface area contributed by atoms with E-state index in [1.807, 2.05) is 48.5 Å². The average molecular weight is 490 g/mol. The highest BCUT2D eigenvalue weighted by atomic mass is 16.5. The second-order valence-electron chi connectivity index (χ2n) is 8.95. The van der Waals surface area contributed by atoms with Gasteiger partial charge in [0, 0.05) is 43.5 Å². The molecule has 4 aromatic rings. The maximum Gasteiger partial charge on any atom is 0.276 e. The van der Waals surface area contributed by atoms with Gasteiger partial charge in [-0.3, -0.25) is 24.6 Å². The Kier molecular flexibility index (Phi) is 7.58. The van der Waals surface area contributed by atoms with Crippen LogP contribution in [-0.2, 0) is 24.1 Å². The molecule has 1 saturated heterocycles. The van der Waals surface area contributed by atoms with Gasteiger partial charge in [0.1, 0.15) is 11.4 Å². The number of morpholine rings is 1. The molecule has 0 amide bonds. The van der Waals surface area contributed by atoms with Crippen LogP contribution in [0.5, 0.6) is 5.75 Å². The second-order valence-corrected chi connectivity index (χ2v) is 8.95. The minimum Gasteiger partial charge on any atom is -0.494 e. The smallest absolute Gasteiger partial charge is 0.276 e. The lowest BCUT2D eigenvalue weighted by atomic mass is 9.98. The molecule has 1 aliphatic heterocycles. The molecule has 0 spiro atoms. The molecule has 0 aliphatic carbocycles. The number of hydrogen-bond donors (Lipinski definition) is 2. The number of benzene rings is 1. The Labute approximate surface area is 208 Å². The molecule has 1 aliphatic rings. The van der Waals surface area contributed by atoms with Gasteiger partial charge in [0.15, 0.2) is 0 Å². The van der Waals surface area contributed by atoms with Crippen LogP contribution >= 0.6 is 0 Å². The Bertz CT molecular complexity index is 1390. The lowest BCUT2D eigenvalue weighted by molar-refractivity contribution is 0.0359. The van der Waals surface area contributed by atoms with E-state index >= 15 is 0 Å². The largest absolute Gasteiger partial charge is 0.494 e. The van der Waals surface area contributed by atoms with Crippen molar-refractivity contribution in [2.45, 2.75) is 25.8 Å². The number of nitrogens with one attached hydrogen (secondary N) is 2. The lowest BCUT2D eigenvalue weighted by Gasteiger charge is -2.26. The summed E-state index contributed by atoms with van der Waals surface area (Å²) in [5.74, 6) is 0.800. The Balaban J connectivity index is 1.43. The number of rotatable bonds is 10. The molecule has 0 bridgehead atoms. The van der Waals surface area contributed by atoms with Crippen molar-refractivity contribution in [3.8, 4) is 5.75 Å². The zero-order valence-electron chi connectivity index (χ0n) is 20.2. The van der Waals surface area contributed by atoms with Crippen molar-refractivity contribution in [3.05, 3.63) is 92.3 Å². The molecular formula is C27H31N5O4. The second kappa shape index (κ2) is 11.4. The van der Waals surface area contributed by atoms with E-state index in [0.29, 0.717) is 62.2 Å². The fraction of sp³-hybridized carbons (Fsp3) is 0.370. The first kappa shape index (κ1) is 24.0. The standard InChI is InChI=1S/C27H31N5O4/c33-26-23(19-20-7-4-5-11-28-20)22(10-6-16-36-21-8-2-1-3-9-21)24-25(29-26)30-32(27(24)34)13-12-31-14-17-35-18-15-31/h1-5,7-9,11H,6,10,12-19H2,(H2,29,30,33). The van der Waals surface area contributed by atoms with Crippen LogP contribution in [0.1, 0.15) is 23.2 Å². The molecule has 9 nitrogen and oxygen atoms in total. The number of pyridine rings is 2. The fourth-order valence-electron chi connectivity index (χ4n) is 4.66. The molecular weight excluding hydrogens is 458 g/mol. The molecule has 36 heavy (non-hydrogen) atoms. The van der Waals surface area contributed by atoms with Gasteiger partial charge >= 0.3 is 0 Å². The maximum atomic E-state index is 13.5. The highest BCUT2D eigenvalue weighted by molar-refractivity contribution is 5.79. The van der Waals surface area contributed by atoms with Gasteiger partial charge < -0.3 is 14.5 Å². The number of fused-ring (bicyclic) bond motifs is 1. The van der Waals surface area contributed by atoms with Gasteiger partial charge in [0.05, 0.1) is 31.8 Å². The zero-order chi connectivity index (χ0) is 24.7. The van der Waals surface area contributed by atoms with E-state index in [1.165, 1.54) is 0 Å². The van der Waals surface area contributed by atoms with Crippen LogP contribution in [0.15, 0.2) is 64.3 Å². The number of nitrogens with zero attached hydrogens (tertiary/aromatic N) is 3. The first-order chi connectivity index (χ1) is 17.7. The zero-order valence-corrected chi connectivity index (χ0v) is 20.2. The number of hydrogen-bond acceptors (Lipinski definition) is 6. The van der Waals surface area contributed by atoms with E-state index in [4.69, 9.17) is 9.47 Å². The van der Waals surface area contributed by atoms with Gasteiger partial charge in [-0.2, -0.15) is 0 Å². The van der Waals surface area contributed by atoms with Crippen LogP contribution in [0.4, 0.5) is 0 Å². The van der Waals surface area contributed by atoms with Crippen LogP contribution in [-0.4, -0.2) is 64.1 Å². The fourth-order valence-corrected chi connectivity index (χ4v) is 4.66. The summed E-state index contributed by atoms with van der Waals surface area (Å²) in [6, 6.07) is 15.3. The quantitative estimate of drug-likeness (QED) is 0.331. The normalized spacial score (nSPS) is 14.3. The number of aryl methyl sites for hydroxylation is 1. The van der Waals surface area contributed by atoms with Crippen molar-refractivity contribution in [2.75, 3.05) is 39.5 Å². The summed E-state index contributed by atoms with van der Waals surface area (Å²) in [6.45, 7) is 4.86. The molecule has 1 fully saturated rings. The molecule has 4 heterocycles. The third-order valence-electron chi connectivity index (χ3n) is 6.55. The van der Waals surface area contributed by atoms with E-state index in [1.54, 1.807) is 10.9 Å². The predicted octanol–water partition coefficient (Wildman–Crippen LogP) is 2.35. The molecule has 0 unspecified atom stereocenters. The monoisotopic (exact) mass is 489 g/mol. The number of ether oxygens (including phenoxy) is 2. The highest BCUT2D eigenvalue weighted by Gasteiger charge is 2.20.